The van der Waals surface area contributed by atoms with E-state index in [0.29, 0.717) is 24.2 Å². The van der Waals surface area contributed by atoms with Crippen LogP contribution in [-0.2, 0) is 14.4 Å². The molecule has 3 aliphatic heterocycles. The SMILES string of the molecule is CC(=O)N1C[C@H]2CC(/C=C/c3ccccn3)=C(C(=O)O)N3C(=O)[C@@H]1[C@@H]23.[H-].[Na+]. The van der Waals surface area contributed by atoms with Gasteiger partial charge in [-0.25, -0.2) is 4.79 Å². The molecule has 3 aliphatic rings. The summed E-state index contributed by atoms with van der Waals surface area (Å²) < 4.78 is 0. The maximum absolute atomic E-state index is 12.5. The molecule has 0 bridgehead atoms. The topological polar surface area (TPSA) is 90.8 Å². The number of allylic oxidation sites excluding steroid dienone is 2. The van der Waals surface area contributed by atoms with Gasteiger partial charge in [0.05, 0.1) is 11.7 Å². The molecule has 2 fully saturated rings. The molecule has 0 spiro atoms. The third kappa shape index (κ3) is 2.80. The van der Waals surface area contributed by atoms with Gasteiger partial charge in [0.15, 0.2) is 0 Å². The smallest absolute Gasteiger partial charge is 1.00 e. The fourth-order valence-corrected chi connectivity index (χ4v) is 4.11. The zero-order chi connectivity index (χ0) is 17.7. The quantitative estimate of drug-likeness (QED) is 0.496. The van der Waals surface area contributed by atoms with Crippen molar-refractivity contribution < 1.29 is 50.5 Å². The van der Waals surface area contributed by atoms with Gasteiger partial charge in [0.2, 0.25) is 5.91 Å². The summed E-state index contributed by atoms with van der Waals surface area (Å²) in [5.41, 5.74) is 1.34. The van der Waals surface area contributed by atoms with Crippen molar-refractivity contribution in [2.24, 2.45) is 5.92 Å². The predicted molar refractivity (Wildman–Crippen MR) is 89.0 cm³/mol. The van der Waals surface area contributed by atoms with Crippen LogP contribution in [0.15, 0.2) is 41.7 Å². The van der Waals surface area contributed by atoms with Gasteiger partial charge in [0.1, 0.15) is 11.7 Å². The Balaban J connectivity index is 0.00000131. The number of amides is 2. The Bertz CT molecular complexity index is 842. The third-order valence-corrected chi connectivity index (χ3v) is 5.14. The number of rotatable bonds is 3. The number of hydrogen-bond donors (Lipinski definition) is 1. The molecule has 26 heavy (non-hydrogen) atoms. The Morgan fingerprint density at radius 3 is 2.73 bits per heavy atom. The zero-order valence-corrected chi connectivity index (χ0v) is 16.6. The minimum atomic E-state index is -1.12. The van der Waals surface area contributed by atoms with Crippen molar-refractivity contribution >= 4 is 23.9 Å². The molecule has 0 radical (unpaired) electrons. The first kappa shape index (κ1) is 18.8. The number of carboxylic acid groups (broad SMARTS) is 1. The fraction of sp³-hybridized carbons (Fsp3) is 0.333. The molecule has 2 amide bonds. The molecular weight excluding hydrogens is 345 g/mol. The Morgan fingerprint density at radius 1 is 1.35 bits per heavy atom. The van der Waals surface area contributed by atoms with Crippen LogP contribution in [0, 0.1) is 5.92 Å². The molecule has 0 saturated carbocycles. The first-order valence-corrected chi connectivity index (χ1v) is 8.15. The monoisotopic (exact) mass is 363 g/mol. The van der Waals surface area contributed by atoms with Gasteiger partial charge in [-0.15, -0.1) is 0 Å². The second-order valence-electron chi connectivity index (χ2n) is 6.55. The number of carboxylic acids is 1. The molecular formula is C18H18N3NaO4. The second kappa shape index (κ2) is 6.98. The summed E-state index contributed by atoms with van der Waals surface area (Å²) in [6.45, 7) is 1.93. The van der Waals surface area contributed by atoms with E-state index in [-0.39, 0.29) is 60.5 Å². The summed E-state index contributed by atoms with van der Waals surface area (Å²) >= 11 is 0. The van der Waals surface area contributed by atoms with E-state index < -0.39 is 12.0 Å². The Labute approximate surface area is 174 Å². The van der Waals surface area contributed by atoms with Crippen molar-refractivity contribution in [3.8, 4) is 0 Å². The average Bonchev–Trinajstić information content (AvgIpc) is 2.96. The van der Waals surface area contributed by atoms with Crippen LogP contribution >= 0.6 is 0 Å². The minimum absolute atomic E-state index is 0. The van der Waals surface area contributed by atoms with E-state index in [0.717, 1.165) is 0 Å². The Morgan fingerprint density at radius 2 is 2.12 bits per heavy atom. The largest absolute Gasteiger partial charge is 1.00 e. The summed E-state index contributed by atoms with van der Waals surface area (Å²) in [6, 6.07) is 4.76. The summed E-state index contributed by atoms with van der Waals surface area (Å²) in [5.74, 6) is -1.50. The van der Waals surface area contributed by atoms with Gasteiger partial charge in [-0.05, 0) is 30.2 Å². The first-order valence-electron chi connectivity index (χ1n) is 8.15. The van der Waals surface area contributed by atoms with Gasteiger partial charge in [-0.1, -0.05) is 12.1 Å². The number of hydrogen-bond acceptors (Lipinski definition) is 4. The fourth-order valence-electron chi connectivity index (χ4n) is 4.11. The molecule has 130 valence electrons. The maximum Gasteiger partial charge on any atom is 1.00 e. The molecule has 3 atom stereocenters. The van der Waals surface area contributed by atoms with Crippen LogP contribution in [0.4, 0.5) is 0 Å². The average molecular weight is 363 g/mol. The van der Waals surface area contributed by atoms with Crippen LogP contribution in [0.5, 0.6) is 0 Å². The normalized spacial score (nSPS) is 26.5. The van der Waals surface area contributed by atoms with E-state index in [1.54, 1.807) is 29.3 Å². The molecule has 1 N–H and O–H groups in total. The summed E-state index contributed by atoms with van der Waals surface area (Å²) in [4.78, 5) is 43.2. The van der Waals surface area contributed by atoms with E-state index in [1.165, 1.54) is 11.8 Å². The number of carbonyl (C=O) groups is 3. The van der Waals surface area contributed by atoms with E-state index >= 15 is 0 Å². The van der Waals surface area contributed by atoms with E-state index in [2.05, 4.69) is 4.98 Å². The second-order valence-corrected chi connectivity index (χ2v) is 6.55. The number of nitrogens with zero attached hydrogens (tertiary/aromatic N) is 3. The van der Waals surface area contributed by atoms with Crippen molar-refractivity contribution in [3.05, 3.63) is 47.4 Å². The molecule has 1 aromatic heterocycles. The van der Waals surface area contributed by atoms with E-state index in [9.17, 15) is 19.5 Å². The van der Waals surface area contributed by atoms with Crippen LogP contribution in [0.1, 0.15) is 20.5 Å². The van der Waals surface area contributed by atoms with Gasteiger partial charge >= 0.3 is 35.5 Å². The Hall–Kier alpha value is -1.96. The van der Waals surface area contributed by atoms with Gasteiger partial charge < -0.3 is 11.4 Å². The summed E-state index contributed by atoms with van der Waals surface area (Å²) in [6.07, 6.45) is 5.66. The van der Waals surface area contributed by atoms with Crippen molar-refractivity contribution in [3.63, 3.8) is 0 Å². The summed E-state index contributed by atoms with van der Waals surface area (Å²) in [5, 5.41) is 9.63. The number of aromatic nitrogens is 1. The number of carbonyl (C=O) groups excluding carboxylic acids is 2. The third-order valence-electron chi connectivity index (χ3n) is 5.14. The molecule has 4 heterocycles. The zero-order valence-electron chi connectivity index (χ0n) is 15.6. The molecule has 8 heteroatoms. The predicted octanol–water partition coefficient (Wildman–Crippen LogP) is -1.99. The van der Waals surface area contributed by atoms with Crippen LogP contribution in [0.3, 0.4) is 0 Å². The van der Waals surface area contributed by atoms with Gasteiger partial charge in [0.25, 0.3) is 5.91 Å². The maximum atomic E-state index is 12.5. The van der Waals surface area contributed by atoms with Crippen LogP contribution in [0.2, 0.25) is 0 Å². The van der Waals surface area contributed by atoms with Gasteiger partial charge in [0, 0.05) is 25.6 Å². The standard InChI is InChI=1S/C18H17N3O4.Na.H/c1-10(22)20-9-12-8-11(5-6-13-4-2-3-7-19-13)15(18(24)25)21-14(12)16(20)17(21)23;;/h2-7,12,14,16H,8-9H2,1H3,(H,24,25);;/q;+1;-1/b6-5+;;/t12-,14-,16+;;/m1../s1. The first-order chi connectivity index (χ1) is 12.0. The molecule has 0 aliphatic carbocycles. The molecule has 0 aromatic carbocycles. The number of likely N-dealkylation sites (tertiary alicyclic amines) is 1. The van der Waals surface area contributed by atoms with Crippen LogP contribution in [-0.4, -0.2) is 56.3 Å². The van der Waals surface area contributed by atoms with Gasteiger partial charge in [-0.3, -0.25) is 19.5 Å². The minimum Gasteiger partial charge on any atom is -1.00 e. The molecule has 0 unspecified atom stereocenters. The number of pyridine rings is 1. The van der Waals surface area contributed by atoms with Crippen molar-refractivity contribution in [2.45, 2.75) is 25.4 Å². The molecule has 7 nitrogen and oxygen atoms in total. The number of β-lactam (4-membered cyclic amide) rings is 1. The Kier molecular flexibility index (Phi) is 5.05. The van der Waals surface area contributed by atoms with Crippen molar-refractivity contribution in [1.29, 1.82) is 0 Å². The van der Waals surface area contributed by atoms with Crippen LogP contribution in [0.25, 0.3) is 6.08 Å². The van der Waals surface area contributed by atoms with Crippen molar-refractivity contribution in [1.82, 2.24) is 14.8 Å². The van der Waals surface area contributed by atoms with E-state index in [1.807, 2.05) is 12.1 Å². The number of aliphatic carboxylic acids is 1. The molecule has 4 rings (SSSR count). The molecule has 2 saturated heterocycles. The molecule has 1 aromatic rings. The van der Waals surface area contributed by atoms with E-state index in [4.69, 9.17) is 0 Å². The van der Waals surface area contributed by atoms with Gasteiger partial charge in [-0.2, -0.15) is 0 Å². The van der Waals surface area contributed by atoms with Crippen molar-refractivity contribution in [2.75, 3.05) is 6.54 Å². The van der Waals surface area contributed by atoms with Crippen LogP contribution < -0.4 is 29.6 Å². The summed E-state index contributed by atoms with van der Waals surface area (Å²) in [7, 11) is 0.